The second-order valence-electron chi connectivity index (χ2n) is 5.74. The van der Waals surface area contributed by atoms with Crippen LogP contribution in [0.5, 0.6) is 0 Å². The van der Waals surface area contributed by atoms with E-state index in [4.69, 9.17) is 16.3 Å². The third-order valence-corrected chi connectivity index (χ3v) is 4.57. The van der Waals surface area contributed by atoms with Gasteiger partial charge < -0.3 is 9.53 Å². The number of aldehydes is 1. The molecule has 1 aliphatic heterocycles. The molecule has 0 radical (unpaired) electrons. The highest BCUT2D eigenvalue weighted by Crippen LogP contribution is 2.31. The van der Waals surface area contributed by atoms with E-state index in [2.05, 4.69) is 18.9 Å². The number of carbonyl (C=O) groups is 1. The number of benzene rings is 1. The predicted octanol–water partition coefficient (Wildman–Crippen LogP) is 3.33. The summed E-state index contributed by atoms with van der Waals surface area (Å²) in [5, 5.41) is 0.748. The van der Waals surface area contributed by atoms with E-state index in [0.29, 0.717) is 13.2 Å². The molecule has 1 aliphatic rings. The van der Waals surface area contributed by atoms with E-state index >= 15 is 0 Å². The highest BCUT2D eigenvalue weighted by atomic mass is 35.5. The highest BCUT2D eigenvalue weighted by molar-refractivity contribution is 6.30. The quantitative estimate of drug-likeness (QED) is 0.781. The molecular formula is C16H22ClNO2. The minimum atomic E-state index is -0.256. The Morgan fingerprint density at radius 1 is 1.35 bits per heavy atom. The number of ether oxygens (including phenoxy) is 1. The average Bonchev–Trinajstić information content (AvgIpc) is 2.48. The molecule has 0 aliphatic carbocycles. The van der Waals surface area contributed by atoms with Gasteiger partial charge in [0.1, 0.15) is 6.29 Å². The molecule has 2 rings (SSSR count). The van der Waals surface area contributed by atoms with Crippen LogP contribution in [0.15, 0.2) is 24.3 Å². The zero-order valence-corrected chi connectivity index (χ0v) is 12.9. The summed E-state index contributed by atoms with van der Waals surface area (Å²) in [5.74, 6) is 0. The van der Waals surface area contributed by atoms with Gasteiger partial charge in [-0.15, -0.1) is 0 Å². The Bertz CT molecular complexity index is 440. The lowest BCUT2D eigenvalue weighted by Gasteiger charge is -2.37. The van der Waals surface area contributed by atoms with Crippen molar-refractivity contribution in [1.29, 1.82) is 0 Å². The van der Waals surface area contributed by atoms with Gasteiger partial charge in [-0.25, -0.2) is 0 Å². The molecule has 0 aromatic heterocycles. The Hall–Kier alpha value is -0.900. The van der Waals surface area contributed by atoms with Gasteiger partial charge in [-0.1, -0.05) is 23.7 Å². The molecule has 1 unspecified atom stereocenters. The molecule has 0 saturated carbocycles. The van der Waals surface area contributed by atoms with Crippen molar-refractivity contribution in [2.24, 2.45) is 5.41 Å². The molecule has 0 bridgehead atoms. The van der Waals surface area contributed by atoms with E-state index in [1.807, 2.05) is 24.3 Å². The first-order valence-corrected chi connectivity index (χ1v) is 7.44. The molecule has 1 heterocycles. The normalized spacial score (nSPS) is 19.8. The van der Waals surface area contributed by atoms with E-state index < -0.39 is 0 Å². The van der Waals surface area contributed by atoms with Crippen LogP contribution >= 0.6 is 11.6 Å². The van der Waals surface area contributed by atoms with Crippen LogP contribution in [-0.4, -0.2) is 38.0 Å². The number of hydrogen-bond donors (Lipinski definition) is 0. The van der Waals surface area contributed by atoms with Crippen LogP contribution < -0.4 is 0 Å². The van der Waals surface area contributed by atoms with Crippen molar-refractivity contribution in [2.75, 3.05) is 26.8 Å². The van der Waals surface area contributed by atoms with Crippen molar-refractivity contribution in [1.82, 2.24) is 4.90 Å². The molecule has 1 atom stereocenters. The second kappa shape index (κ2) is 6.70. The predicted molar refractivity (Wildman–Crippen MR) is 81.0 cm³/mol. The summed E-state index contributed by atoms with van der Waals surface area (Å²) in [7, 11) is 2.07. The zero-order valence-electron chi connectivity index (χ0n) is 12.1. The van der Waals surface area contributed by atoms with Gasteiger partial charge in [0.2, 0.25) is 0 Å². The number of halogens is 1. The summed E-state index contributed by atoms with van der Waals surface area (Å²) in [4.78, 5) is 13.8. The van der Waals surface area contributed by atoms with Crippen molar-refractivity contribution < 1.29 is 9.53 Å². The summed E-state index contributed by atoms with van der Waals surface area (Å²) in [6.07, 6.45) is 2.75. The molecule has 110 valence electrons. The molecule has 0 amide bonds. The standard InChI is InChI=1S/C16H22ClNO2/c1-13(14-3-5-15(17)6-4-14)18(2)11-16(12-19)7-9-20-10-8-16/h3-6,12-13H,7-11H2,1-2H3. The lowest BCUT2D eigenvalue weighted by atomic mass is 9.81. The minimum absolute atomic E-state index is 0.256. The third-order valence-electron chi connectivity index (χ3n) is 4.32. The van der Waals surface area contributed by atoms with Crippen LogP contribution in [0.3, 0.4) is 0 Å². The number of nitrogens with zero attached hydrogens (tertiary/aromatic N) is 1. The van der Waals surface area contributed by atoms with Crippen LogP contribution in [0.1, 0.15) is 31.4 Å². The highest BCUT2D eigenvalue weighted by Gasteiger charge is 2.34. The minimum Gasteiger partial charge on any atom is -0.381 e. The summed E-state index contributed by atoms with van der Waals surface area (Å²) in [5.41, 5.74) is 0.957. The number of hydrogen-bond acceptors (Lipinski definition) is 3. The van der Waals surface area contributed by atoms with Gasteiger partial charge >= 0.3 is 0 Å². The molecule has 0 N–H and O–H groups in total. The summed E-state index contributed by atoms with van der Waals surface area (Å²) in [6.45, 7) is 4.29. The van der Waals surface area contributed by atoms with Gasteiger partial charge in [0, 0.05) is 36.2 Å². The maximum absolute atomic E-state index is 11.5. The third kappa shape index (κ3) is 3.60. The topological polar surface area (TPSA) is 29.5 Å². The summed E-state index contributed by atoms with van der Waals surface area (Å²) < 4.78 is 5.37. The largest absolute Gasteiger partial charge is 0.381 e. The van der Waals surface area contributed by atoms with Gasteiger partial charge in [0.15, 0.2) is 0 Å². The fourth-order valence-electron chi connectivity index (χ4n) is 2.72. The lowest BCUT2D eigenvalue weighted by molar-refractivity contribution is -0.123. The molecule has 3 nitrogen and oxygen atoms in total. The smallest absolute Gasteiger partial charge is 0.127 e. The van der Waals surface area contributed by atoms with Gasteiger partial charge in [0.25, 0.3) is 0 Å². The van der Waals surface area contributed by atoms with Crippen LogP contribution in [0.2, 0.25) is 5.02 Å². The van der Waals surface area contributed by atoms with Crippen molar-refractivity contribution in [3.8, 4) is 0 Å². The fourth-order valence-corrected chi connectivity index (χ4v) is 2.85. The molecule has 1 aromatic rings. The van der Waals surface area contributed by atoms with E-state index in [1.165, 1.54) is 5.56 Å². The summed E-state index contributed by atoms with van der Waals surface area (Å²) in [6, 6.07) is 8.16. The molecule has 1 fully saturated rings. The van der Waals surface area contributed by atoms with Crippen LogP contribution in [0.4, 0.5) is 0 Å². The molecule has 4 heteroatoms. The Labute approximate surface area is 125 Å². The monoisotopic (exact) mass is 295 g/mol. The first kappa shape index (κ1) is 15.5. The van der Waals surface area contributed by atoms with Crippen molar-refractivity contribution in [3.05, 3.63) is 34.9 Å². The van der Waals surface area contributed by atoms with E-state index in [1.54, 1.807) is 0 Å². The zero-order chi connectivity index (χ0) is 14.6. The van der Waals surface area contributed by atoms with Gasteiger partial charge in [0.05, 0.1) is 0 Å². The van der Waals surface area contributed by atoms with Gasteiger partial charge in [-0.2, -0.15) is 0 Å². The van der Waals surface area contributed by atoms with Crippen LogP contribution in [-0.2, 0) is 9.53 Å². The van der Waals surface area contributed by atoms with Gasteiger partial charge in [-0.05, 0) is 44.5 Å². The van der Waals surface area contributed by atoms with Crippen molar-refractivity contribution >= 4 is 17.9 Å². The van der Waals surface area contributed by atoms with Crippen LogP contribution in [0, 0.1) is 5.41 Å². The average molecular weight is 296 g/mol. The second-order valence-corrected chi connectivity index (χ2v) is 6.17. The lowest BCUT2D eigenvalue weighted by Crippen LogP contribution is -2.42. The van der Waals surface area contributed by atoms with Crippen molar-refractivity contribution in [3.63, 3.8) is 0 Å². The van der Waals surface area contributed by atoms with E-state index in [9.17, 15) is 4.79 Å². The number of rotatable bonds is 5. The van der Waals surface area contributed by atoms with E-state index in [0.717, 1.165) is 30.7 Å². The first-order chi connectivity index (χ1) is 9.56. The van der Waals surface area contributed by atoms with Gasteiger partial charge in [-0.3, -0.25) is 4.90 Å². The Morgan fingerprint density at radius 3 is 2.50 bits per heavy atom. The maximum Gasteiger partial charge on any atom is 0.127 e. The van der Waals surface area contributed by atoms with E-state index in [-0.39, 0.29) is 11.5 Å². The van der Waals surface area contributed by atoms with Crippen molar-refractivity contribution in [2.45, 2.75) is 25.8 Å². The Balaban J connectivity index is 2.04. The number of carbonyl (C=O) groups excluding carboxylic acids is 1. The molecule has 1 aromatic carbocycles. The fraction of sp³-hybridized carbons (Fsp3) is 0.562. The first-order valence-electron chi connectivity index (χ1n) is 7.06. The molecule has 0 spiro atoms. The summed E-state index contributed by atoms with van der Waals surface area (Å²) >= 11 is 5.92. The SMILES string of the molecule is CC(c1ccc(Cl)cc1)N(C)CC1(C=O)CCOCC1. The molecular weight excluding hydrogens is 274 g/mol. The van der Waals surface area contributed by atoms with Crippen LogP contribution in [0.25, 0.3) is 0 Å². The molecule has 20 heavy (non-hydrogen) atoms. The Morgan fingerprint density at radius 2 is 1.95 bits per heavy atom. The Kier molecular flexibility index (Phi) is 5.19. The molecule has 1 saturated heterocycles. The maximum atomic E-state index is 11.5.